The number of pyridine rings is 1. The molecule has 0 bridgehead atoms. The minimum Gasteiger partial charge on any atom is -0.349 e. The molecule has 7 heteroatoms. The topological polar surface area (TPSA) is 91.4 Å². The van der Waals surface area contributed by atoms with Crippen molar-refractivity contribution in [3.05, 3.63) is 60.4 Å². The van der Waals surface area contributed by atoms with Crippen LogP contribution in [0, 0.1) is 5.92 Å². The predicted octanol–water partition coefficient (Wildman–Crippen LogP) is 1.26. The van der Waals surface area contributed by atoms with E-state index < -0.39 is 12.0 Å². The lowest BCUT2D eigenvalue weighted by Crippen LogP contribution is -2.47. The molecule has 1 aliphatic rings. The highest BCUT2D eigenvalue weighted by molar-refractivity contribution is 6.01. The molecule has 0 radical (unpaired) electrons. The SMILES string of the molecule is C[C@H](NC(=O)[C@H]1CC(=O)N(c2ccccc2)C1)C(=O)NCc1ccccn1. The number of amides is 3. The number of nitrogens with zero attached hydrogens (tertiary/aromatic N) is 2. The van der Waals surface area contributed by atoms with Crippen molar-refractivity contribution in [2.24, 2.45) is 5.92 Å². The number of hydrogen-bond donors (Lipinski definition) is 2. The molecule has 1 aromatic carbocycles. The fourth-order valence-electron chi connectivity index (χ4n) is 2.97. The van der Waals surface area contributed by atoms with Gasteiger partial charge in [-0.1, -0.05) is 24.3 Å². The van der Waals surface area contributed by atoms with Crippen LogP contribution in [0.25, 0.3) is 0 Å². The Morgan fingerprint density at radius 2 is 1.93 bits per heavy atom. The summed E-state index contributed by atoms with van der Waals surface area (Å²) < 4.78 is 0. The maximum absolute atomic E-state index is 12.5. The van der Waals surface area contributed by atoms with Gasteiger partial charge in [-0.2, -0.15) is 0 Å². The van der Waals surface area contributed by atoms with Gasteiger partial charge in [0.05, 0.1) is 18.2 Å². The number of benzene rings is 1. The summed E-state index contributed by atoms with van der Waals surface area (Å²) in [5.41, 5.74) is 1.52. The summed E-state index contributed by atoms with van der Waals surface area (Å²) in [6.07, 6.45) is 1.80. The third-order valence-corrected chi connectivity index (χ3v) is 4.49. The number of para-hydroxylation sites is 1. The lowest BCUT2D eigenvalue weighted by Gasteiger charge is -2.18. The maximum atomic E-state index is 12.5. The van der Waals surface area contributed by atoms with E-state index in [4.69, 9.17) is 0 Å². The van der Waals surface area contributed by atoms with E-state index in [1.54, 1.807) is 24.1 Å². The van der Waals surface area contributed by atoms with Crippen LogP contribution in [0.3, 0.4) is 0 Å². The van der Waals surface area contributed by atoms with Gasteiger partial charge < -0.3 is 15.5 Å². The third-order valence-electron chi connectivity index (χ3n) is 4.49. The van der Waals surface area contributed by atoms with Gasteiger partial charge in [0.25, 0.3) is 0 Å². The van der Waals surface area contributed by atoms with E-state index in [9.17, 15) is 14.4 Å². The van der Waals surface area contributed by atoms with Gasteiger partial charge in [-0.05, 0) is 31.2 Å². The first-order chi connectivity index (χ1) is 13.0. The molecule has 0 unspecified atom stereocenters. The van der Waals surface area contributed by atoms with Crippen molar-refractivity contribution in [2.75, 3.05) is 11.4 Å². The zero-order valence-electron chi connectivity index (χ0n) is 15.1. The van der Waals surface area contributed by atoms with E-state index in [-0.39, 0.29) is 24.1 Å². The van der Waals surface area contributed by atoms with Crippen LogP contribution in [0.4, 0.5) is 5.69 Å². The van der Waals surface area contributed by atoms with Crippen LogP contribution in [0.2, 0.25) is 0 Å². The molecular weight excluding hydrogens is 344 g/mol. The van der Waals surface area contributed by atoms with Crippen molar-refractivity contribution >= 4 is 23.4 Å². The fourth-order valence-corrected chi connectivity index (χ4v) is 2.97. The maximum Gasteiger partial charge on any atom is 0.242 e. The second kappa shape index (κ2) is 8.44. The van der Waals surface area contributed by atoms with Crippen molar-refractivity contribution < 1.29 is 14.4 Å². The normalized spacial score (nSPS) is 17.4. The lowest BCUT2D eigenvalue weighted by molar-refractivity contribution is -0.131. The highest BCUT2D eigenvalue weighted by Gasteiger charge is 2.35. The monoisotopic (exact) mass is 366 g/mol. The number of carbonyl (C=O) groups excluding carboxylic acids is 3. The second-order valence-corrected chi connectivity index (χ2v) is 6.51. The molecule has 140 valence electrons. The van der Waals surface area contributed by atoms with Crippen LogP contribution in [-0.2, 0) is 20.9 Å². The molecular formula is C20H22N4O3. The molecule has 7 nitrogen and oxygen atoms in total. The molecule has 2 heterocycles. The largest absolute Gasteiger partial charge is 0.349 e. The van der Waals surface area contributed by atoms with Gasteiger partial charge in [-0.15, -0.1) is 0 Å². The van der Waals surface area contributed by atoms with Gasteiger partial charge in [-0.3, -0.25) is 19.4 Å². The Labute approximate surface area is 157 Å². The summed E-state index contributed by atoms with van der Waals surface area (Å²) in [7, 11) is 0. The minimum atomic E-state index is -0.693. The first-order valence-electron chi connectivity index (χ1n) is 8.88. The third kappa shape index (κ3) is 4.69. The Hall–Kier alpha value is -3.22. The second-order valence-electron chi connectivity index (χ2n) is 6.51. The molecule has 0 spiro atoms. The quantitative estimate of drug-likeness (QED) is 0.805. The average molecular weight is 366 g/mol. The van der Waals surface area contributed by atoms with Gasteiger partial charge in [-0.25, -0.2) is 0 Å². The molecule has 1 aromatic heterocycles. The Kier molecular flexibility index (Phi) is 5.80. The van der Waals surface area contributed by atoms with Gasteiger partial charge in [0, 0.05) is 24.8 Å². The number of hydrogen-bond acceptors (Lipinski definition) is 4. The number of anilines is 1. The minimum absolute atomic E-state index is 0.0893. The average Bonchev–Trinajstić information content (AvgIpc) is 3.09. The first kappa shape index (κ1) is 18.6. The molecule has 2 aromatic rings. The van der Waals surface area contributed by atoms with Gasteiger partial charge in [0.1, 0.15) is 6.04 Å². The summed E-state index contributed by atoms with van der Waals surface area (Å²) in [5, 5.41) is 5.44. The van der Waals surface area contributed by atoms with Crippen molar-refractivity contribution in [1.82, 2.24) is 15.6 Å². The Balaban J connectivity index is 1.51. The summed E-state index contributed by atoms with van der Waals surface area (Å²) in [5.74, 6) is -1.14. The molecule has 27 heavy (non-hydrogen) atoms. The van der Waals surface area contributed by atoms with Crippen LogP contribution < -0.4 is 15.5 Å². The molecule has 2 atom stereocenters. The summed E-state index contributed by atoms with van der Waals surface area (Å²) >= 11 is 0. The van der Waals surface area contributed by atoms with E-state index in [1.165, 1.54) is 0 Å². The highest BCUT2D eigenvalue weighted by atomic mass is 16.2. The number of aromatic nitrogens is 1. The molecule has 0 aliphatic carbocycles. The summed E-state index contributed by atoms with van der Waals surface area (Å²) in [6.45, 7) is 2.23. The number of carbonyl (C=O) groups is 3. The van der Waals surface area contributed by atoms with E-state index in [1.807, 2.05) is 42.5 Å². The van der Waals surface area contributed by atoms with E-state index >= 15 is 0 Å². The summed E-state index contributed by atoms with van der Waals surface area (Å²) in [4.78, 5) is 42.6. The predicted molar refractivity (Wildman–Crippen MR) is 101 cm³/mol. The summed E-state index contributed by atoms with van der Waals surface area (Å²) in [6, 6.07) is 14.0. The van der Waals surface area contributed by atoms with E-state index in [0.29, 0.717) is 13.1 Å². The van der Waals surface area contributed by atoms with E-state index in [2.05, 4.69) is 15.6 Å². The van der Waals surface area contributed by atoms with Crippen LogP contribution in [-0.4, -0.2) is 35.3 Å². The van der Waals surface area contributed by atoms with Crippen LogP contribution in [0.1, 0.15) is 19.0 Å². The van der Waals surface area contributed by atoms with Gasteiger partial charge >= 0.3 is 0 Å². The standard InChI is InChI=1S/C20H22N4O3/c1-14(19(26)22-12-16-7-5-6-10-21-16)23-20(27)15-11-18(25)24(13-15)17-8-3-2-4-9-17/h2-10,14-15H,11-13H2,1H3,(H,22,26)(H,23,27)/t14-,15-/m0/s1. The highest BCUT2D eigenvalue weighted by Crippen LogP contribution is 2.24. The number of nitrogens with one attached hydrogen (secondary N) is 2. The Morgan fingerprint density at radius 3 is 2.63 bits per heavy atom. The van der Waals surface area contributed by atoms with Crippen LogP contribution in [0.5, 0.6) is 0 Å². The van der Waals surface area contributed by atoms with Crippen LogP contribution >= 0.6 is 0 Å². The molecule has 1 saturated heterocycles. The molecule has 1 fully saturated rings. The van der Waals surface area contributed by atoms with Gasteiger partial charge in [0.15, 0.2) is 0 Å². The molecule has 2 N–H and O–H groups in total. The smallest absolute Gasteiger partial charge is 0.242 e. The van der Waals surface area contributed by atoms with Crippen molar-refractivity contribution in [2.45, 2.75) is 25.9 Å². The van der Waals surface area contributed by atoms with Crippen molar-refractivity contribution in [3.63, 3.8) is 0 Å². The lowest BCUT2D eigenvalue weighted by atomic mass is 10.1. The zero-order valence-corrected chi connectivity index (χ0v) is 15.1. The molecule has 3 rings (SSSR count). The number of rotatable bonds is 6. The molecule has 0 saturated carbocycles. The van der Waals surface area contributed by atoms with E-state index in [0.717, 1.165) is 11.4 Å². The molecule has 3 amide bonds. The first-order valence-corrected chi connectivity index (χ1v) is 8.88. The van der Waals surface area contributed by atoms with Gasteiger partial charge in [0.2, 0.25) is 17.7 Å². The Bertz CT molecular complexity index is 810. The Morgan fingerprint density at radius 1 is 1.19 bits per heavy atom. The van der Waals surface area contributed by atoms with Crippen molar-refractivity contribution in [3.8, 4) is 0 Å². The van der Waals surface area contributed by atoms with Crippen molar-refractivity contribution in [1.29, 1.82) is 0 Å². The van der Waals surface area contributed by atoms with Crippen LogP contribution in [0.15, 0.2) is 54.7 Å². The zero-order chi connectivity index (χ0) is 19.2. The molecule has 1 aliphatic heterocycles. The fraction of sp³-hybridized carbons (Fsp3) is 0.300.